The number of nitro groups is 2. The number of benzene rings is 1. The van der Waals surface area contributed by atoms with Gasteiger partial charge in [0.2, 0.25) is 5.91 Å². The van der Waals surface area contributed by atoms with Crippen LogP contribution in [0.3, 0.4) is 0 Å². The lowest BCUT2D eigenvalue weighted by molar-refractivity contribution is -0.393. The summed E-state index contributed by atoms with van der Waals surface area (Å²) in [5, 5.41) is 22.2. The van der Waals surface area contributed by atoms with E-state index in [0.717, 1.165) is 32.0 Å². The predicted molar refractivity (Wildman–Crippen MR) is 103 cm³/mol. The molecule has 0 atom stereocenters. The third kappa shape index (κ3) is 4.75. The predicted octanol–water partition coefficient (Wildman–Crippen LogP) is 2.03. The van der Waals surface area contributed by atoms with Crippen LogP contribution < -0.4 is 4.90 Å². The van der Waals surface area contributed by atoms with E-state index in [-0.39, 0.29) is 17.3 Å². The normalized spacial score (nSPS) is 18.6. The number of non-ortho nitro benzene ring substituents is 1. The van der Waals surface area contributed by atoms with Crippen LogP contribution in [-0.4, -0.2) is 71.4 Å². The molecule has 0 N–H and O–H groups in total. The van der Waals surface area contributed by atoms with Gasteiger partial charge in [-0.25, -0.2) is 0 Å². The van der Waals surface area contributed by atoms with Crippen molar-refractivity contribution in [3.8, 4) is 0 Å². The van der Waals surface area contributed by atoms with Crippen LogP contribution in [0.2, 0.25) is 0 Å². The number of nitrogens with zero attached hydrogens (tertiary/aromatic N) is 5. The maximum atomic E-state index is 12.5. The molecule has 2 aliphatic heterocycles. The smallest absolute Gasteiger partial charge is 0.299 e. The van der Waals surface area contributed by atoms with Gasteiger partial charge in [-0.1, -0.05) is 12.8 Å². The molecule has 2 fully saturated rings. The largest absolute Gasteiger partial charge is 0.363 e. The SMILES string of the molecule is O=C(CN1CCN(c2ccc([N+](=O)[O-])cc2[N+](=O)[O-])CC1)N1CCCCCC1. The number of carbonyl (C=O) groups excluding carboxylic acids is 1. The first-order chi connectivity index (χ1) is 13.5. The van der Waals surface area contributed by atoms with Gasteiger partial charge in [0.1, 0.15) is 5.69 Å². The van der Waals surface area contributed by atoms with E-state index in [1.165, 1.54) is 25.0 Å². The van der Waals surface area contributed by atoms with Gasteiger partial charge in [0.05, 0.1) is 22.5 Å². The Morgan fingerprint density at radius 2 is 1.54 bits per heavy atom. The number of anilines is 1. The van der Waals surface area contributed by atoms with Crippen molar-refractivity contribution in [2.45, 2.75) is 25.7 Å². The van der Waals surface area contributed by atoms with Gasteiger partial charge in [0.15, 0.2) is 0 Å². The van der Waals surface area contributed by atoms with E-state index in [1.807, 2.05) is 9.80 Å². The van der Waals surface area contributed by atoms with Crippen LogP contribution in [0.5, 0.6) is 0 Å². The number of hydrogen-bond acceptors (Lipinski definition) is 7. The standard InChI is InChI=1S/C18H25N5O5/c24-18(21-7-3-1-2-4-8-21)14-19-9-11-20(12-10-19)16-6-5-15(22(25)26)13-17(16)23(27)28/h5-6,13H,1-4,7-12,14H2. The summed E-state index contributed by atoms with van der Waals surface area (Å²) in [4.78, 5) is 39.4. The van der Waals surface area contributed by atoms with Crippen molar-refractivity contribution in [2.24, 2.45) is 0 Å². The number of likely N-dealkylation sites (tertiary alicyclic amines) is 1. The highest BCUT2D eigenvalue weighted by Gasteiger charge is 2.27. The molecular weight excluding hydrogens is 366 g/mol. The third-order valence-electron chi connectivity index (χ3n) is 5.40. The van der Waals surface area contributed by atoms with Crippen LogP contribution in [0.25, 0.3) is 0 Å². The molecule has 10 heteroatoms. The molecular formula is C18H25N5O5. The van der Waals surface area contributed by atoms with Gasteiger partial charge in [-0.2, -0.15) is 0 Å². The lowest BCUT2D eigenvalue weighted by Gasteiger charge is -2.36. The van der Waals surface area contributed by atoms with Crippen molar-refractivity contribution in [3.63, 3.8) is 0 Å². The van der Waals surface area contributed by atoms with Crippen LogP contribution in [0.1, 0.15) is 25.7 Å². The molecule has 0 radical (unpaired) electrons. The van der Waals surface area contributed by atoms with Crippen molar-refractivity contribution in [1.29, 1.82) is 0 Å². The number of rotatable bonds is 5. The molecule has 1 aromatic carbocycles. The maximum Gasteiger partial charge on any atom is 0.299 e. The topological polar surface area (TPSA) is 113 Å². The highest BCUT2D eigenvalue weighted by atomic mass is 16.6. The summed E-state index contributed by atoms with van der Waals surface area (Å²) in [6.07, 6.45) is 4.47. The van der Waals surface area contributed by atoms with Crippen LogP contribution in [0.15, 0.2) is 18.2 Å². The molecule has 152 valence electrons. The number of nitro benzene ring substituents is 2. The molecule has 28 heavy (non-hydrogen) atoms. The number of carbonyl (C=O) groups is 1. The first-order valence-corrected chi connectivity index (χ1v) is 9.63. The number of piperazine rings is 1. The molecule has 0 saturated carbocycles. The Morgan fingerprint density at radius 1 is 0.893 bits per heavy atom. The van der Waals surface area contributed by atoms with Crippen molar-refractivity contribution < 1.29 is 14.6 Å². The second-order valence-corrected chi connectivity index (χ2v) is 7.25. The van der Waals surface area contributed by atoms with E-state index in [9.17, 15) is 25.0 Å². The van der Waals surface area contributed by atoms with E-state index in [0.29, 0.717) is 38.4 Å². The minimum Gasteiger partial charge on any atom is -0.363 e. The van der Waals surface area contributed by atoms with Gasteiger partial charge in [-0.3, -0.25) is 29.9 Å². The van der Waals surface area contributed by atoms with Crippen molar-refractivity contribution in [2.75, 3.05) is 50.7 Å². The summed E-state index contributed by atoms with van der Waals surface area (Å²) >= 11 is 0. The highest BCUT2D eigenvalue weighted by molar-refractivity contribution is 5.78. The zero-order valence-electron chi connectivity index (χ0n) is 15.8. The van der Waals surface area contributed by atoms with E-state index in [1.54, 1.807) is 0 Å². The lowest BCUT2D eigenvalue weighted by atomic mass is 10.2. The van der Waals surface area contributed by atoms with Gasteiger partial charge >= 0.3 is 0 Å². The zero-order chi connectivity index (χ0) is 20.1. The van der Waals surface area contributed by atoms with Crippen molar-refractivity contribution in [1.82, 2.24) is 9.80 Å². The summed E-state index contributed by atoms with van der Waals surface area (Å²) in [6.45, 7) is 4.33. The van der Waals surface area contributed by atoms with E-state index in [2.05, 4.69) is 4.90 Å². The van der Waals surface area contributed by atoms with Crippen molar-refractivity contribution in [3.05, 3.63) is 38.4 Å². The zero-order valence-corrected chi connectivity index (χ0v) is 15.8. The highest BCUT2D eigenvalue weighted by Crippen LogP contribution is 2.32. The summed E-state index contributed by atoms with van der Waals surface area (Å²) in [7, 11) is 0. The fourth-order valence-electron chi connectivity index (χ4n) is 3.80. The van der Waals surface area contributed by atoms with Gasteiger partial charge in [-0.05, 0) is 18.9 Å². The molecule has 0 aliphatic carbocycles. The summed E-state index contributed by atoms with van der Waals surface area (Å²) in [5.74, 6) is 0.150. The molecule has 2 heterocycles. The monoisotopic (exact) mass is 391 g/mol. The minimum absolute atomic E-state index is 0.150. The Hall–Kier alpha value is -2.75. The Kier molecular flexibility index (Phi) is 6.40. The van der Waals surface area contributed by atoms with Crippen LogP contribution in [0, 0.1) is 20.2 Å². The fourth-order valence-corrected chi connectivity index (χ4v) is 3.80. The summed E-state index contributed by atoms with van der Waals surface area (Å²) < 4.78 is 0. The van der Waals surface area contributed by atoms with Crippen LogP contribution >= 0.6 is 0 Å². The third-order valence-corrected chi connectivity index (χ3v) is 5.40. The Morgan fingerprint density at radius 3 is 2.11 bits per heavy atom. The number of hydrogen-bond donors (Lipinski definition) is 0. The molecule has 2 aliphatic rings. The van der Waals surface area contributed by atoms with Crippen LogP contribution in [0.4, 0.5) is 17.1 Å². The lowest BCUT2D eigenvalue weighted by Crippen LogP contribution is -2.50. The van der Waals surface area contributed by atoms with Crippen LogP contribution in [-0.2, 0) is 4.79 Å². The first-order valence-electron chi connectivity index (χ1n) is 9.63. The molecule has 2 saturated heterocycles. The Labute approximate surface area is 163 Å². The molecule has 0 unspecified atom stereocenters. The van der Waals surface area contributed by atoms with Crippen molar-refractivity contribution >= 4 is 23.0 Å². The maximum absolute atomic E-state index is 12.5. The fraction of sp³-hybridized carbons (Fsp3) is 0.611. The second-order valence-electron chi connectivity index (χ2n) is 7.25. The summed E-state index contributed by atoms with van der Waals surface area (Å²) in [5.41, 5.74) is -0.172. The average molecular weight is 391 g/mol. The molecule has 0 bridgehead atoms. The van der Waals surface area contributed by atoms with E-state index >= 15 is 0 Å². The first kappa shape index (κ1) is 20.0. The van der Waals surface area contributed by atoms with Gasteiger partial charge in [0.25, 0.3) is 11.4 Å². The van der Waals surface area contributed by atoms with Gasteiger partial charge < -0.3 is 9.80 Å². The molecule has 1 amide bonds. The summed E-state index contributed by atoms with van der Waals surface area (Å²) in [6, 6.07) is 3.73. The molecule has 10 nitrogen and oxygen atoms in total. The average Bonchev–Trinajstić information content (AvgIpc) is 2.97. The number of amides is 1. The molecule has 0 spiro atoms. The Bertz CT molecular complexity index is 740. The second kappa shape index (κ2) is 8.96. The van der Waals surface area contributed by atoms with Gasteiger partial charge in [-0.15, -0.1) is 0 Å². The van der Waals surface area contributed by atoms with Gasteiger partial charge in [0, 0.05) is 45.3 Å². The molecule has 0 aromatic heterocycles. The minimum atomic E-state index is -0.636. The van der Waals surface area contributed by atoms with E-state index < -0.39 is 9.85 Å². The molecule has 1 aromatic rings. The van der Waals surface area contributed by atoms with E-state index in [4.69, 9.17) is 0 Å². The Balaban J connectivity index is 1.60. The molecule has 3 rings (SSSR count). The quantitative estimate of drug-likeness (QED) is 0.557.